The summed E-state index contributed by atoms with van der Waals surface area (Å²) >= 11 is 1.45. The number of likely N-dealkylation sites (N-methyl/N-ethyl adjacent to an activating group) is 1. The van der Waals surface area contributed by atoms with Crippen LogP contribution in [-0.2, 0) is 0 Å². The van der Waals surface area contributed by atoms with Crippen LogP contribution in [0, 0.1) is 11.3 Å². The van der Waals surface area contributed by atoms with Crippen LogP contribution in [0.4, 0.5) is 5.82 Å². The van der Waals surface area contributed by atoms with Gasteiger partial charge < -0.3 is 9.80 Å². The molecule has 1 aliphatic rings. The van der Waals surface area contributed by atoms with E-state index in [0.717, 1.165) is 42.9 Å². The highest BCUT2D eigenvalue weighted by atomic mass is 32.1. The van der Waals surface area contributed by atoms with Gasteiger partial charge in [-0.3, -0.25) is 9.20 Å². The van der Waals surface area contributed by atoms with Crippen molar-refractivity contribution < 1.29 is 0 Å². The Labute approximate surface area is 189 Å². The predicted octanol–water partition coefficient (Wildman–Crippen LogP) is 3.51. The topological polar surface area (TPSA) is 77.5 Å². The smallest absolute Gasteiger partial charge is 0.267 e. The van der Waals surface area contributed by atoms with E-state index in [9.17, 15) is 10.1 Å². The Bertz CT molecular complexity index is 1390. The number of pyridine rings is 1. The van der Waals surface area contributed by atoms with Crippen LogP contribution >= 0.6 is 11.3 Å². The zero-order valence-corrected chi connectivity index (χ0v) is 18.5. The standard InChI is InChI=1S/C24H22N6OS/c1-2-28-11-13-29(14-12-28)22-18(24(31)30-10-6-5-9-21(30)27-22)15-17(16-25)23-26-19-7-3-4-8-20(19)32-23/h3-10,15H,2,11-14H2,1H3. The van der Waals surface area contributed by atoms with Gasteiger partial charge in [0.15, 0.2) is 0 Å². The van der Waals surface area contributed by atoms with Gasteiger partial charge in [0.05, 0.1) is 21.4 Å². The van der Waals surface area contributed by atoms with Crippen LogP contribution in [0.2, 0.25) is 0 Å². The highest BCUT2D eigenvalue weighted by molar-refractivity contribution is 7.19. The molecular formula is C24H22N6OS. The van der Waals surface area contributed by atoms with Crippen LogP contribution in [0.3, 0.4) is 0 Å². The number of benzene rings is 1. The van der Waals surface area contributed by atoms with Gasteiger partial charge in [-0.1, -0.05) is 25.1 Å². The lowest BCUT2D eigenvalue weighted by Crippen LogP contribution is -2.47. The van der Waals surface area contributed by atoms with Crippen molar-refractivity contribution in [2.24, 2.45) is 0 Å². The maximum Gasteiger partial charge on any atom is 0.267 e. The van der Waals surface area contributed by atoms with Gasteiger partial charge in [-0.2, -0.15) is 5.26 Å². The van der Waals surface area contributed by atoms with Crippen molar-refractivity contribution in [3.63, 3.8) is 0 Å². The number of fused-ring (bicyclic) bond motifs is 2. The van der Waals surface area contributed by atoms with Crippen molar-refractivity contribution in [3.8, 4) is 6.07 Å². The summed E-state index contributed by atoms with van der Waals surface area (Å²) in [5.41, 5.74) is 2.06. The summed E-state index contributed by atoms with van der Waals surface area (Å²) in [7, 11) is 0. The highest BCUT2D eigenvalue weighted by Crippen LogP contribution is 2.29. The molecule has 0 saturated carbocycles. The van der Waals surface area contributed by atoms with Crippen molar-refractivity contribution in [2.75, 3.05) is 37.6 Å². The first-order valence-corrected chi connectivity index (χ1v) is 11.5. The zero-order valence-electron chi connectivity index (χ0n) is 17.7. The van der Waals surface area contributed by atoms with Gasteiger partial charge in [0.1, 0.15) is 22.5 Å². The van der Waals surface area contributed by atoms with E-state index in [1.54, 1.807) is 12.3 Å². The summed E-state index contributed by atoms with van der Waals surface area (Å²) in [6.07, 6.45) is 3.37. The SMILES string of the molecule is CCN1CCN(c2nc3ccccn3c(=O)c2C=C(C#N)c2nc3ccccc3s2)CC1. The van der Waals surface area contributed by atoms with Gasteiger partial charge in [0.25, 0.3) is 5.56 Å². The van der Waals surface area contributed by atoms with Crippen LogP contribution in [0.1, 0.15) is 17.5 Å². The molecule has 1 aliphatic heterocycles. The summed E-state index contributed by atoms with van der Waals surface area (Å²) in [5.74, 6) is 0.630. The molecule has 0 atom stereocenters. The average molecular weight is 443 g/mol. The molecule has 7 nitrogen and oxygen atoms in total. The molecule has 5 rings (SSSR count). The van der Waals surface area contributed by atoms with Gasteiger partial charge in [0.2, 0.25) is 0 Å². The molecule has 3 aromatic heterocycles. The molecular weight excluding hydrogens is 420 g/mol. The number of piperazine rings is 1. The predicted molar refractivity (Wildman–Crippen MR) is 129 cm³/mol. The molecule has 4 aromatic rings. The molecule has 0 N–H and O–H groups in total. The fraction of sp³-hybridized carbons (Fsp3) is 0.250. The molecule has 8 heteroatoms. The molecule has 0 aliphatic carbocycles. The van der Waals surface area contributed by atoms with E-state index in [1.165, 1.54) is 15.7 Å². The average Bonchev–Trinajstić information content (AvgIpc) is 3.27. The van der Waals surface area contributed by atoms with E-state index in [-0.39, 0.29) is 5.56 Å². The molecule has 32 heavy (non-hydrogen) atoms. The van der Waals surface area contributed by atoms with E-state index < -0.39 is 0 Å². The maximum absolute atomic E-state index is 13.5. The summed E-state index contributed by atoms with van der Waals surface area (Å²) in [4.78, 5) is 27.5. The Hall–Kier alpha value is -3.54. The molecule has 1 aromatic carbocycles. The Morgan fingerprint density at radius 2 is 1.91 bits per heavy atom. The molecule has 0 unspecified atom stereocenters. The zero-order chi connectivity index (χ0) is 22.1. The second-order valence-corrected chi connectivity index (χ2v) is 8.69. The second-order valence-electron chi connectivity index (χ2n) is 7.66. The number of hydrogen-bond acceptors (Lipinski definition) is 7. The van der Waals surface area contributed by atoms with Crippen molar-refractivity contribution in [3.05, 3.63) is 69.6 Å². The molecule has 0 bridgehead atoms. The lowest BCUT2D eigenvalue weighted by Gasteiger charge is -2.35. The Balaban J connectivity index is 1.66. The fourth-order valence-corrected chi connectivity index (χ4v) is 4.94. The van der Waals surface area contributed by atoms with Gasteiger partial charge in [-0.15, -0.1) is 11.3 Å². The molecule has 1 saturated heterocycles. The number of anilines is 1. The Morgan fingerprint density at radius 1 is 1.12 bits per heavy atom. The van der Waals surface area contributed by atoms with Crippen LogP contribution in [0.5, 0.6) is 0 Å². The van der Waals surface area contributed by atoms with E-state index in [2.05, 4.69) is 27.8 Å². The number of aromatic nitrogens is 3. The quantitative estimate of drug-likeness (QED) is 0.450. The maximum atomic E-state index is 13.5. The summed E-state index contributed by atoms with van der Waals surface area (Å²) in [5, 5.41) is 10.5. The van der Waals surface area contributed by atoms with Gasteiger partial charge in [-0.25, -0.2) is 9.97 Å². The first-order valence-electron chi connectivity index (χ1n) is 10.6. The van der Waals surface area contributed by atoms with E-state index in [1.807, 2.05) is 42.5 Å². The van der Waals surface area contributed by atoms with Crippen molar-refractivity contribution in [2.45, 2.75) is 6.92 Å². The van der Waals surface area contributed by atoms with Crippen LogP contribution in [-0.4, -0.2) is 52.0 Å². The third-order valence-corrected chi connectivity index (χ3v) is 6.87. The minimum absolute atomic E-state index is 0.183. The summed E-state index contributed by atoms with van der Waals surface area (Å²) < 4.78 is 2.54. The third-order valence-electron chi connectivity index (χ3n) is 5.80. The summed E-state index contributed by atoms with van der Waals surface area (Å²) in [6.45, 7) is 6.56. The monoisotopic (exact) mass is 442 g/mol. The Morgan fingerprint density at radius 3 is 2.66 bits per heavy atom. The fourth-order valence-electron chi connectivity index (χ4n) is 4.01. The first kappa shape index (κ1) is 20.4. The van der Waals surface area contributed by atoms with E-state index >= 15 is 0 Å². The van der Waals surface area contributed by atoms with Crippen LogP contribution < -0.4 is 10.5 Å². The number of thiazole rings is 1. The number of nitrogens with zero attached hydrogens (tertiary/aromatic N) is 6. The third kappa shape index (κ3) is 3.66. The lowest BCUT2D eigenvalue weighted by atomic mass is 10.1. The number of rotatable bonds is 4. The number of para-hydroxylation sites is 1. The highest BCUT2D eigenvalue weighted by Gasteiger charge is 2.22. The van der Waals surface area contributed by atoms with Gasteiger partial charge in [-0.05, 0) is 36.9 Å². The summed E-state index contributed by atoms with van der Waals surface area (Å²) in [6, 6.07) is 15.6. The van der Waals surface area contributed by atoms with Crippen LogP contribution in [0.15, 0.2) is 53.5 Å². The van der Waals surface area contributed by atoms with Crippen LogP contribution in [0.25, 0.3) is 27.5 Å². The second kappa shape index (κ2) is 8.54. The molecule has 4 heterocycles. The minimum Gasteiger partial charge on any atom is -0.353 e. The lowest BCUT2D eigenvalue weighted by molar-refractivity contribution is 0.270. The van der Waals surface area contributed by atoms with Gasteiger partial charge >= 0.3 is 0 Å². The molecule has 0 radical (unpaired) electrons. The molecule has 0 amide bonds. The van der Waals surface area contributed by atoms with E-state index in [4.69, 9.17) is 4.98 Å². The largest absolute Gasteiger partial charge is 0.353 e. The normalized spacial score (nSPS) is 15.4. The first-order chi connectivity index (χ1) is 15.7. The van der Waals surface area contributed by atoms with Crippen molar-refractivity contribution >= 4 is 44.7 Å². The van der Waals surface area contributed by atoms with Crippen molar-refractivity contribution in [1.82, 2.24) is 19.3 Å². The number of hydrogen-bond donors (Lipinski definition) is 0. The molecule has 0 spiro atoms. The molecule has 1 fully saturated rings. The number of allylic oxidation sites excluding steroid dienone is 1. The molecule has 160 valence electrons. The van der Waals surface area contributed by atoms with E-state index in [0.29, 0.717) is 27.6 Å². The van der Waals surface area contributed by atoms with Crippen molar-refractivity contribution in [1.29, 1.82) is 5.26 Å². The Kier molecular flexibility index (Phi) is 5.43. The number of nitriles is 1. The van der Waals surface area contributed by atoms with Gasteiger partial charge in [0, 0.05) is 32.4 Å². The minimum atomic E-state index is -0.183.